The predicted octanol–water partition coefficient (Wildman–Crippen LogP) is 1.88. The number of para-hydroxylation sites is 2. The van der Waals surface area contributed by atoms with Gasteiger partial charge in [0.05, 0.1) is 28.1 Å². The van der Waals surface area contributed by atoms with Crippen LogP contribution in [0.1, 0.15) is 5.69 Å². The van der Waals surface area contributed by atoms with Crippen molar-refractivity contribution in [1.29, 1.82) is 0 Å². The highest BCUT2D eigenvalue weighted by Gasteiger charge is 2.14. The van der Waals surface area contributed by atoms with Gasteiger partial charge in [-0.2, -0.15) is 5.10 Å². The van der Waals surface area contributed by atoms with Crippen molar-refractivity contribution in [3.63, 3.8) is 0 Å². The van der Waals surface area contributed by atoms with Crippen LogP contribution >= 0.6 is 0 Å². The Morgan fingerprint density at radius 2 is 1.95 bits per heavy atom. The van der Waals surface area contributed by atoms with Crippen molar-refractivity contribution in [2.75, 3.05) is 0 Å². The molecule has 0 aliphatic heterocycles. The monoisotopic (exact) mass is 279 g/mol. The van der Waals surface area contributed by atoms with Gasteiger partial charge in [0.1, 0.15) is 0 Å². The number of nitrogens with one attached hydrogen (secondary N) is 1. The van der Waals surface area contributed by atoms with Crippen LogP contribution in [0.25, 0.3) is 28.2 Å². The molecule has 0 fully saturated rings. The van der Waals surface area contributed by atoms with E-state index in [4.69, 9.17) is 0 Å². The number of hydrogen-bond donors (Lipinski definition) is 1. The third kappa shape index (κ3) is 1.69. The van der Waals surface area contributed by atoms with Crippen LogP contribution in [0.3, 0.4) is 0 Å². The molecule has 6 heteroatoms. The van der Waals surface area contributed by atoms with Crippen LogP contribution in [-0.2, 0) is 7.05 Å². The summed E-state index contributed by atoms with van der Waals surface area (Å²) in [4.78, 5) is 19.2. The first-order valence-corrected chi connectivity index (χ1v) is 6.65. The van der Waals surface area contributed by atoms with Crippen molar-refractivity contribution in [1.82, 2.24) is 24.1 Å². The van der Waals surface area contributed by atoms with Gasteiger partial charge in [0.2, 0.25) is 5.78 Å². The molecule has 104 valence electrons. The van der Waals surface area contributed by atoms with Gasteiger partial charge in [-0.15, -0.1) is 0 Å². The van der Waals surface area contributed by atoms with E-state index in [0.29, 0.717) is 5.78 Å². The summed E-state index contributed by atoms with van der Waals surface area (Å²) in [5, 5.41) is 4.36. The molecule has 21 heavy (non-hydrogen) atoms. The number of rotatable bonds is 1. The number of imidazole rings is 1. The summed E-state index contributed by atoms with van der Waals surface area (Å²) in [5.41, 5.74) is 4.20. The van der Waals surface area contributed by atoms with Crippen molar-refractivity contribution in [2.45, 2.75) is 6.92 Å². The third-order valence-electron chi connectivity index (χ3n) is 3.57. The van der Waals surface area contributed by atoms with E-state index in [2.05, 4.69) is 15.1 Å². The molecule has 0 amide bonds. The first-order chi connectivity index (χ1) is 10.1. The second-order valence-corrected chi connectivity index (χ2v) is 5.07. The second kappa shape index (κ2) is 4.05. The molecule has 0 radical (unpaired) electrons. The summed E-state index contributed by atoms with van der Waals surface area (Å²) in [6, 6.07) is 11.3. The van der Waals surface area contributed by atoms with Crippen molar-refractivity contribution >= 4 is 16.8 Å². The van der Waals surface area contributed by atoms with Crippen molar-refractivity contribution in [2.24, 2.45) is 7.05 Å². The molecule has 0 saturated heterocycles. The smallest absolute Gasteiger partial charge is 0.252 e. The normalized spacial score (nSPS) is 11.5. The third-order valence-corrected chi connectivity index (χ3v) is 3.57. The molecule has 4 aromatic rings. The van der Waals surface area contributed by atoms with Crippen LogP contribution in [0, 0.1) is 6.92 Å². The Bertz CT molecular complexity index is 1040. The summed E-state index contributed by atoms with van der Waals surface area (Å²) < 4.78 is 3.73. The fourth-order valence-corrected chi connectivity index (χ4v) is 2.73. The van der Waals surface area contributed by atoms with E-state index >= 15 is 0 Å². The van der Waals surface area contributed by atoms with Crippen LogP contribution in [0.5, 0.6) is 0 Å². The van der Waals surface area contributed by atoms with Crippen LogP contribution < -0.4 is 5.56 Å². The van der Waals surface area contributed by atoms with Gasteiger partial charge in [-0.05, 0) is 25.1 Å². The van der Waals surface area contributed by atoms with E-state index in [0.717, 1.165) is 28.1 Å². The first-order valence-electron chi connectivity index (χ1n) is 6.65. The largest absolute Gasteiger partial charge is 0.292 e. The Morgan fingerprint density at radius 1 is 1.14 bits per heavy atom. The Hall–Kier alpha value is -2.89. The molecule has 0 saturated carbocycles. The average Bonchev–Trinajstić information content (AvgIpc) is 2.97. The van der Waals surface area contributed by atoms with Gasteiger partial charge in [0.15, 0.2) is 0 Å². The molecule has 3 aromatic heterocycles. The molecular weight excluding hydrogens is 266 g/mol. The second-order valence-electron chi connectivity index (χ2n) is 5.07. The van der Waals surface area contributed by atoms with Crippen LogP contribution in [0.4, 0.5) is 0 Å². The first kappa shape index (κ1) is 11.9. The minimum Gasteiger partial charge on any atom is -0.292 e. The number of H-pyrrole nitrogens is 1. The van der Waals surface area contributed by atoms with Crippen LogP contribution in [0.2, 0.25) is 0 Å². The molecule has 0 bridgehead atoms. The van der Waals surface area contributed by atoms with E-state index in [1.807, 2.05) is 48.7 Å². The van der Waals surface area contributed by atoms with Gasteiger partial charge in [-0.3, -0.25) is 18.9 Å². The van der Waals surface area contributed by atoms with E-state index in [1.54, 1.807) is 10.7 Å². The van der Waals surface area contributed by atoms with Crippen molar-refractivity contribution in [3.8, 4) is 11.4 Å². The van der Waals surface area contributed by atoms with Gasteiger partial charge in [-0.25, -0.2) is 4.98 Å². The van der Waals surface area contributed by atoms with Crippen molar-refractivity contribution in [3.05, 3.63) is 52.4 Å². The highest BCUT2D eigenvalue weighted by molar-refractivity contribution is 5.82. The van der Waals surface area contributed by atoms with E-state index in [-0.39, 0.29) is 5.56 Å². The number of hydrogen-bond acceptors (Lipinski definition) is 3. The minimum atomic E-state index is -0.174. The summed E-state index contributed by atoms with van der Waals surface area (Å²) in [6.45, 7) is 1.93. The predicted molar refractivity (Wildman–Crippen MR) is 80.3 cm³/mol. The molecule has 0 aliphatic carbocycles. The number of nitrogens with zero attached hydrogens (tertiary/aromatic N) is 4. The lowest BCUT2D eigenvalue weighted by molar-refractivity contribution is 0.760. The summed E-state index contributed by atoms with van der Waals surface area (Å²) in [7, 11) is 1.87. The maximum absolute atomic E-state index is 11.9. The summed E-state index contributed by atoms with van der Waals surface area (Å²) in [5.74, 6) is 0.539. The number of aromatic nitrogens is 5. The van der Waals surface area contributed by atoms with Crippen LogP contribution in [0.15, 0.2) is 41.2 Å². The lowest BCUT2D eigenvalue weighted by Crippen LogP contribution is -2.10. The lowest BCUT2D eigenvalue weighted by atomic mass is 10.2. The SMILES string of the molecule is Cc1cc(-c2cc(=O)[nH]c3nc4ccccc4n23)n(C)n1. The highest BCUT2D eigenvalue weighted by atomic mass is 16.1. The quantitative estimate of drug-likeness (QED) is 0.578. The molecule has 0 atom stereocenters. The Kier molecular flexibility index (Phi) is 2.29. The molecule has 0 spiro atoms. The number of benzene rings is 1. The highest BCUT2D eigenvalue weighted by Crippen LogP contribution is 2.23. The van der Waals surface area contributed by atoms with Crippen LogP contribution in [-0.4, -0.2) is 24.1 Å². The number of aromatic amines is 1. The summed E-state index contributed by atoms with van der Waals surface area (Å²) in [6.07, 6.45) is 0. The zero-order valence-electron chi connectivity index (χ0n) is 11.7. The average molecular weight is 279 g/mol. The molecule has 3 heterocycles. The fraction of sp³-hybridized carbons (Fsp3) is 0.133. The lowest BCUT2D eigenvalue weighted by Gasteiger charge is -2.06. The standard InChI is InChI=1S/C15H13N5O/c1-9-7-12(19(2)18-9)13-8-14(21)17-15-16-10-5-3-4-6-11(10)20(13)15/h3-8H,1-2H3,(H,16,17,21). The molecular formula is C15H13N5O. The molecule has 1 N–H and O–H groups in total. The molecule has 0 unspecified atom stereocenters. The number of fused-ring (bicyclic) bond motifs is 3. The van der Waals surface area contributed by atoms with Gasteiger partial charge >= 0.3 is 0 Å². The van der Waals surface area contributed by atoms with Gasteiger partial charge in [0.25, 0.3) is 5.56 Å². The van der Waals surface area contributed by atoms with E-state index in [9.17, 15) is 4.79 Å². The summed E-state index contributed by atoms with van der Waals surface area (Å²) >= 11 is 0. The van der Waals surface area contributed by atoms with E-state index in [1.165, 1.54) is 0 Å². The topological polar surface area (TPSA) is 68.0 Å². The minimum absolute atomic E-state index is 0.174. The Labute approximate surface area is 119 Å². The Morgan fingerprint density at radius 3 is 2.71 bits per heavy atom. The van der Waals surface area contributed by atoms with Crippen molar-refractivity contribution < 1.29 is 0 Å². The molecule has 6 nitrogen and oxygen atoms in total. The molecule has 4 rings (SSSR count). The fourth-order valence-electron chi connectivity index (χ4n) is 2.73. The Balaban J connectivity index is 2.22. The molecule has 1 aromatic carbocycles. The van der Waals surface area contributed by atoms with E-state index < -0.39 is 0 Å². The number of aryl methyl sites for hydroxylation is 2. The molecule has 0 aliphatic rings. The van der Waals surface area contributed by atoms with Gasteiger partial charge < -0.3 is 0 Å². The van der Waals surface area contributed by atoms with Gasteiger partial charge in [0, 0.05) is 13.1 Å². The maximum Gasteiger partial charge on any atom is 0.252 e. The zero-order valence-corrected chi connectivity index (χ0v) is 11.7. The zero-order chi connectivity index (χ0) is 14.6. The maximum atomic E-state index is 11.9. The van der Waals surface area contributed by atoms with Gasteiger partial charge in [-0.1, -0.05) is 12.1 Å².